The van der Waals surface area contributed by atoms with Gasteiger partial charge >= 0.3 is 5.97 Å². The molecule has 0 fully saturated rings. The molecule has 1 N–H and O–H groups in total. The van der Waals surface area contributed by atoms with Gasteiger partial charge in [0.2, 0.25) is 0 Å². The van der Waals surface area contributed by atoms with Gasteiger partial charge in [-0.3, -0.25) is 4.79 Å². The van der Waals surface area contributed by atoms with E-state index in [4.69, 9.17) is 5.11 Å². The second-order valence-corrected chi connectivity index (χ2v) is 6.21. The van der Waals surface area contributed by atoms with Crippen LogP contribution < -0.4 is 0 Å². The highest BCUT2D eigenvalue weighted by Crippen LogP contribution is 2.35. The Labute approximate surface area is 132 Å². The molecule has 2 aromatic heterocycles. The van der Waals surface area contributed by atoms with Crippen LogP contribution in [0.1, 0.15) is 50.7 Å². The molecule has 1 aliphatic heterocycles. The first-order valence-corrected chi connectivity index (χ1v) is 8.06. The molecular weight excluding hydrogens is 300 g/mol. The van der Waals surface area contributed by atoms with Gasteiger partial charge in [-0.25, -0.2) is 9.78 Å². The average molecular weight is 316 g/mol. The summed E-state index contributed by atoms with van der Waals surface area (Å²) in [6, 6.07) is 5.09. The highest BCUT2D eigenvalue weighted by atomic mass is 32.1. The molecule has 0 spiro atoms. The summed E-state index contributed by atoms with van der Waals surface area (Å²) in [6.45, 7) is 2.76. The number of carbonyl (C=O) groups excluding carboxylic acids is 1. The van der Waals surface area contributed by atoms with Crippen LogP contribution in [-0.4, -0.2) is 33.4 Å². The van der Waals surface area contributed by atoms with E-state index >= 15 is 0 Å². The quantitative estimate of drug-likeness (QED) is 0.945. The number of aromatic nitrogens is 1. The Morgan fingerprint density at radius 3 is 2.86 bits per heavy atom. The van der Waals surface area contributed by atoms with Crippen molar-refractivity contribution < 1.29 is 14.7 Å². The number of carbonyl (C=O) groups is 2. The fraction of sp³-hybridized carbons (Fsp3) is 0.312. The third kappa shape index (κ3) is 2.50. The van der Waals surface area contributed by atoms with E-state index < -0.39 is 5.97 Å². The summed E-state index contributed by atoms with van der Waals surface area (Å²) in [5.74, 6) is -1.18. The fourth-order valence-corrected chi connectivity index (χ4v) is 3.82. The molecule has 0 saturated carbocycles. The number of carboxylic acids is 1. The number of hydrogen-bond donors (Lipinski definition) is 1. The molecule has 5 nitrogen and oxygen atoms in total. The Kier molecular flexibility index (Phi) is 3.94. The maximum atomic E-state index is 12.7. The van der Waals surface area contributed by atoms with E-state index in [9.17, 15) is 9.59 Å². The molecule has 1 atom stereocenters. The van der Waals surface area contributed by atoms with Crippen LogP contribution in [0, 0.1) is 0 Å². The van der Waals surface area contributed by atoms with Gasteiger partial charge in [0.05, 0.1) is 11.6 Å². The zero-order valence-corrected chi connectivity index (χ0v) is 13.0. The van der Waals surface area contributed by atoms with E-state index in [2.05, 4.69) is 23.4 Å². The van der Waals surface area contributed by atoms with Crippen molar-refractivity contribution in [1.82, 2.24) is 9.88 Å². The average Bonchev–Trinajstić information content (AvgIpc) is 3.01. The van der Waals surface area contributed by atoms with Crippen molar-refractivity contribution in [3.05, 3.63) is 51.5 Å². The SMILES string of the molecule is CC[C@@H]1c2ccsc2CCN1C(=O)c1ccc(C(=O)O)nc1. The van der Waals surface area contributed by atoms with E-state index in [-0.39, 0.29) is 17.6 Å². The third-order valence-corrected chi connectivity index (χ3v) is 4.97. The maximum Gasteiger partial charge on any atom is 0.354 e. The standard InChI is InChI=1S/C16H16N2O3S/c1-2-13-11-6-8-22-14(11)5-7-18(13)15(19)10-3-4-12(16(20)21)17-9-10/h3-4,6,8-9,13H,2,5,7H2,1H3,(H,20,21)/t13-/m1/s1. The van der Waals surface area contributed by atoms with E-state index in [1.54, 1.807) is 11.3 Å². The molecule has 6 heteroatoms. The lowest BCUT2D eigenvalue weighted by Gasteiger charge is -2.35. The smallest absolute Gasteiger partial charge is 0.354 e. The zero-order valence-electron chi connectivity index (χ0n) is 12.2. The van der Waals surface area contributed by atoms with E-state index in [1.165, 1.54) is 28.8 Å². The van der Waals surface area contributed by atoms with Crippen molar-refractivity contribution in [3.63, 3.8) is 0 Å². The molecule has 114 valence electrons. The van der Waals surface area contributed by atoms with Gasteiger partial charge in [0.25, 0.3) is 5.91 Å². The number of carboxylic acid groups (broad SMARTS) is 1. The predicted octanol–water partition coefficient (Wildman–Crippen LogP) is 2.99. The van der Waals surface area contributed by atoms with Crippen molar-refractivity contribution in [3.8, 4) is 0 Å². The van der Waals surface area contributed by atoms with Gasteiger partial charge in [-0.05, 0) is 42.0 Å². The van der Waals surface area contributed by atoms with Gasteiger partial charge in [-0.2, -0.15) is 0 Å². The first kappa shape index (κ1) is 14.7. The predicted molar refractivity (Wildman–Crippen MR) is 83.3 cm³/mol. The molecule has 0 aromatic carbocycles. The lowest BCUT2D eigenvalue weighted by molar-refractivity contribution is 0.0651. The summed E-state index contributed by atoms with van der Waals surface area (Å²) >= 11 is 1.74. The third-order valence-electron chi connectivity index (χ3n) is 3.97. The molecule has 0 bridgehead atoms. The van der Waals surface area contributed by atoms with Crippen LogP contribution in [0.5, 0.6) is 0 Å². The van der Waals surface area contributed by atoms with Crippen LogP contribution in [0.15, 0.2) is 29.8 Å². The van der Waals surface area contributed by atoms with E-state index in [1.807, 2.05) is 4.90 Å². The lowest BCUT2D eigenvalue weighted by atomic mass is 9.97. The maximum absolute atomic E-state index is 12.7. The Morgan fingerprint density at radius 1 is 1.41 bits per heavy atom. The van der Waals surface area contributed by atoms with Crippen LogP contribution in [0.25, 0.3) is 0 Å². The van der Waals surface area contributed by atoms with Gasteiger partial charge in [0.1, 0.15) is 5.69 Å². The summed E-state index contributed by atoms with van der Waals surface area (Å²) in [5.41, 5.74) is 1.62. The number of hydrogen-bond acceptors (Lipinski definition) is 4. The molecule has 2 aromatic rings. The number of thiophene rings is 1. The van der Waals surface area contributed by atoms with Crippen LogP contribution in [0.3, 0.4) is 0 Å². The molecule has 0 unspecified atom stereocenters. The van der Waals surface area contributed by atoms with Gasteiger partial charge in [0.15, 0.2) is 0 Å². The number of nitrogens with zero attached hydrogens (tertiary/aromatic N) is 2. The minimum atomic E-state index is -1.09. The van der Waals surface area contributed by atoms with Crippen molar-refractivity contribution in [2.45, 2.75) is 25.8 Å². The Bertz CT molecular complexity index is 708. The second kappa shape index (κ2) is 5.88. The molecule has 3 heterocycles. The Hall–Kier alpha value is -2.21. The molecule has 1 aliphatic rings. The van der Waals surface area contributed by atoms with Crippen LogP contribution in [0.4, 0.5) is 0 Å². The van der Waals surface area contributed by atoms with Crippen molar-refractivity contribution in [2.24, 2.45) is 0 Å². The first-order chi connectivity index (χ1) is 10.6. The topological polar surface area (TPSA) is 70.5 Å². The molecule has 1 amide bonds. The lowest BCUT2D eigenvalue weighted by Crippen LogP contribution is -2.39. The van der Waals surface area contributed by atoms with Crippen molar-refractivity contribution in [2.75, 3.05) is 6.54 Å². The van der Waals surface area contributed by atoms with E-state index in [0.717, 1.165) is 12.8 Å². The Morgan fingerprint density at radius 2 is 2.23 bits per heavy atom. The van der Waals surface area contributed by atoms with Gasteiger partial charge < -0.3 is 10.0 Å². The van der Waals surface area contributed by atoms with E-state index in [0.29, 0.717) is 12.1 Å². The Balaban J connectivity index is 1.87. The summed E-state index contributed by atoms with van der Waals surface area (Å²) in [4.78, 5) is 30.6. The summed E-state index contributed by atoms with van der Waals surface area (Å²) in [6.07, 6.45) is 3.08. The molecule has 0 saturated heterocycles. The molecule has 0 radical (unpaired) electrons. The highest BCUT2D eigenvalue weighted by Gasteiger charge is 2.31. The summed E-state index contributed by atoms with van der Waals surface area (Å²) in [7, 11) is 0. The zero-order chi connectivity index (χ0) is 15.7. The molecule has 3 rings (SSSR count). The van der Waals surface area contributed by atoms with Crippen LogP contribution in [-0.2, 0) is 6.42 Å². The van der Waals surface area contributed by atoms with Gasteiger partial charge in [-0.15, -0.1) is 11.3 Å². The van der Waals surface area contributed by atoms with Gasteiger partial charge in [0, 0.05) is 17.6 Å². The van der Waals surface area contributed by atoms with Crippen molar-refractivity contribution >= 4 is 23.2 Å². The largest absolute Gasteiger partial charge is 0.477 e. The number of fused-ring (bicyclic) bond motifs is 1. The molecule has 22 heavy (non-hydrogen) atoms. The highest BCUT2D eigenvalue weighted by molar-refractivity contribution is 7.10. The van der Waals surface area contributed by atoms with Crippen LogP contribution >= 0.6 is 11.3 Å². The first-order valence-electron chi connectivity index (χ1n) is 7.18. The number of rotatable bonds is 3. The number of amides is 1. The monoisotopic (exact) mass is 316 g/mol. The minimum absolute atomic E-state index is 0.0534. The van der Waals surface area contributed by atoms with Crippen molar-refractivity contribution in [1.29, 1.82) is 0 Å². The van der Waals surface area contributed by atoms with Crippen LogP contribution in [0.2, 0.25) is 0 Å². The molecule has 0 aliphatic carbocycles. The van der Waals surface area contributed by atoms with Gasteiger partial charge in [-0.1, -0.05) is 6.92 Å². The second-order valence-electron chi connectivity index (χ2n) is 5.21. The fourth-order valence-electron chi connectivity index (χ4n) is 2.89. The number of pyridine rings is 1. The number of aromatic carboxylic acids is 1. The normalized spacial score (nSPS) is 17.1. The summed E-state index contributed by atoms with van der Waals surface area (Å²) < 4.78 is 0. The summed E-state index contributed by atoms with van der Waals surface area (Å²) in [5, 5.41) is 10.9. The minimum Gasteiger partial charge on any atom is -0.477 e. The molecular formula is C16H16N2O3S.